The first-order valence-electron chi connectivity index (χ1n) is 6.41. The fourth-order valence-electron chi connectivity index (χ4n) is 1.55. The van der Waals surface area contributed by atoms with Crippen molar-refractivity contribution in [3.8, 4) is 0 Å². The van der Waals surface area contributed by atoms with Gasteiger partial charge in [0, 0.05) is 0 Å². The van der Waals surface area contributed by atoms with Gasteiger partial charge in [-0.3, -0.25) is 4.79 Å². The summed E-state index contributed by atoms with van der Waals surface area (Å²) in [4.78, 5) is 39.1. The summed E-state index contributed by atoms with van der Waals surface area (Å²) >= 11 is 1.04. The number of esters is 3. The van der Waals surface area contributed by atoms with Gasteiger partial charge >= 0.3 is 17.9 Å². The highest BCUT2D eigenvalue weighted by molar-refractivity contribution is 8.00. The van der Waals surface area contributed by atoms with Crippen molar-refractivity contribution in [1.82, 2.24) is 4.98 Å². The van der Waals surface area contributed by atoms with Crippen LogP contribution in [0.15, 0.2) is 11.1 Å². The van der Waals surface area contributed by atoms with Gasteiger partial charge in [-0.05, 0) is 19.9 Å². The second-order valence-corrected chi connectivity index (χ2v) is 5.01. The molecule has 0 unspecified atom stereocenters. The Kier molecular flexibility index (Phi) is 6.84. The lowest BCUT2D eigenvalue weighted by molar-refractivity contribution is -0.137. The van der Waals surface area contributed by atoms with Crippen molar-refractivity contribution in [2.45, 2.75) is 18.9 Å². The van der Waals surface area contributed by atoms with Crippen molar-refractivity contribution in [3.63, 3.8) is 0 Å². The molecule has 0 spiro atoms. The van der Waals surface area contributed by atoms with Gasteiger partial charge in [0.05, 0.1) is 43.4 Å². The minimum atomic E-state index is -0.618. The van der Waals surface area contributed by atoms with Crippen LogP contribution in [0.1, 0.15) is 33.3 Å². The van der Waals surface area contributed by atoms with Gasteiger partial charge in [-0.2, -0.15) is 0 Å². The van der Waals surface area contributed by atoms with Crippen LogP contribution >= 0.6 is 11.8 Å². The standard InChI is InChI=1S/C14H17NO6S/c1-5-21-14(18)10-6-9(13(17)20-4)8(2)15-12(10)22-7-11(16)19-3/h6H,5,7H2,1-4H3. The topological polar surface area (TPSA) is 91.8 Å². The molecule has 0 saturated heterocycles. The van der Waals surface area contributed by atoms with E-state index in [9.17, 15) is 14.4 Å². The molecule has 0 aromatic carbocycles. The van der Waals surface area contributed by atoms with Crippen molar-refractivity contribution >= 4 is 29.7 Å². The SMILES string of the molecule is CCOC(=O)c1cc(C(=O)OC)c(C)nc1SCC(=O)OC. The molecule has 0 aliphatic rings. The summed E-state index contributed by atoms with van der Waals surface area (Å²) in [5.74, 6) is -1.67. The van der Waals surface area contributed by atoms with E-state index >= 15 is 0 Å². The van der Waals surface area contributed by atoms with Gasteiger partial charge in [0.15, 0.2) is 0 Å². The van der Waals surface area contributed by atoms with Crippen LogP contribution in [0.5, 0.6) is 0 Å². The van der Waals surface area contributed by atoms with E-state index in [4.69, 9.17) is 4.74 Å². The Morgan fingerprint density at radius 3 is 2.36 bits per heavy atom. The summed E-state index contributed by atoms with van der Waals surface area (Å²) in [7, 11) is 2.51. The molecule has 0 atom stereocenters. The third-order valence-corrected chi connectivity index (χ3v) is 3.60. The van der Waals surface area contributed by atoms with Gasteiger partial charge in [-0.25, -0.2) is 14.6 Å². The third-order valence-electron chi connectivity index (χ3n) is 2.63. The molecular weight excluding hydrogens is 310 g/mol. The van der Waals surface area contributed by atoms with Gasteiger partial charge in [-0.1, -0.05) is 11.8 Å². The molecule has 0 aliphatic carbocycles. The van der Waals surface area contributed by atoms with Gasteiger partial charge in [0.25, 0.3) is 0 Å². The molecular formula is C14H17NO6S. The number of pyridine rings is 1. The molecule has 1 heterocycles. The molecule has 1 aromatic rings. The molecule has 0 aliphatic heterocycles. The van der Waals surface area contributed by atoms with Crippen molar-refractivity contribution in [3.05, 3.63) is 22.9 Å². The maximum Gasteiger partial charge on any atom is 0.340 e. The average Bonchev–Trinajstić information content (AvgIpc) is 2.51. The van der Waals surface area contributed by atoms with Crippen LogP contribution in [-0.2, 0) is 19.0 Å². The van der Waals surface area contributed by atoms with Crippen molar-refractivity contribution in [2.75, 3.05) is 26.6 Å². The van der Waals surface area contributed by atoms with E-state index in [1.54, 1.807) is 13.8 Å². The monoisotopic (exact) mass is 327 g/mol. The zero-order valence-electron chi connectivity index (χ0n) is 12.8. The largest absolute Gasteiger partial charge is 0.468 e. The number of carbonyl (C=O) groups excluding carboxylic acids is 3. The summed E-state index contributed by atoms with van der Waals surface area (Å²) < 4.78 is 14.2. The van der Waals surface area contributed by atoms with Crippen LogP contribution in [0, 0.1) is 6.92 Å². The van der Waals surface area contributed by atoms with E-state index < -0.39 is 17.9 Å². The molecule has 0 radical (unpaired) electrons. The Morgan fingerprint density at radius 2 is 1.82 bits per heavy atom. The number of rotatable bonds is 6. The third kappa shape index (κ3) is 4.45. The predicted molar refractivity (Wildman–Crippen MR) is 79.0 cm³/mol. The zero-order valence-corrected chi connectivity index (χ0v) is 13.6. The highest BCUT2D eigenvalue weighted by atomic mass is 32.2. The van der Waals surface area contributed by atoms with E-state index in [0.717, 1.165) is 11.8 Å². The quantitative estimate of drug-likeness (QED) is 0.442. The Morgan fingerprint density at radius 1 is 1.14 bits per heavy atom. The molecule has 0 bridgehead atoms. The first-order valence-corrected chi connectivity index (χ1v) is 7.39. The Balaban J connectivity index is 3.22. The second kappa shape index (κ2) is 8.38. The maximum atomic E-state index is 12.0. The van der Waals surface area contributed by atoms with Crippen molar-refractivity contribution in [1.29, 1.82) is 0 Å². The molecule has 0 amide bonds. The number of nitrogens with zero attached hydrogens (tertiary/aromatic N) is 1. The van der Waals surface area contributed by atoms with Crippen LogP contribution in [0.25, 0.3) is 0 Å². The minimum absolute atomic E-state index is 0.00703. The number of hydrogen-bond donors (Lipinski definition) is 0. The van der Waals surface area contributed by atoms with E-state index in [0.29, 0.717) is 10.7 Å². The summed E-state index contributed by atoms with van der Waals surface area (Å²) in [6.07, 6.45) is 0. The van der Waals surface area contributed by atoms with E-state index in [1.165, 1.54) is 20.3 Å². The van der Waals surface area contributed by atoms with Gasteiger partial charge in [-0.15, -0.1) is 0 Å². The number of hydrogen-bond acceptors (Lipinski definition) is 8. The molecule has 120 valence electrons. The first-order chi connectivity index (χ1) is 10.4. The molecule has 1 rings (SSSR count). The van der Waals surface area contributed by atoms with Gasteiger partial charge < -0.3 is 14.2 Å². The molecule has 1 aromatic heterocycles. The molecule has 8 heteroatoms. The smallest absolute Gasteiger partial charge is 0.340 e. The number of ether oxygens (including phenoxy) is 3. The first kappa shape index (κ1) is 18.0. The fourth-order valence-corrected chi connectivity index (χ4v) is 2.42. The second-order valence-electron chi connectivity index (χ2n) is 4.05. The number of carbonyl (C=O) groups is 3. The Labute approximate surface area is 132 Å². The van der Waals surface area contributed by atoms with Crippen molar-refractivity contribution in [2.24, 2.45) is 0 Å². The van der Waals surface area contributed by atoms with E-state index in [1.807, 2.05) is 0 Å². The molecule has 7 nitrogen and oxygen atoms in total. The number of aromatic nitrogens is 1. The highest BCUT2D eigenvalue weighted by Gasteiger charge is 2.21. The zero-order chi connectivity index (χ0) is 16.7. The lowest BCUT2D eigenvalue weighted by Gasteiger charge is -2.11. The summed E-state index contributed by atoms with van der Waals surface area (Å²) in [6.45, 7) is 3.47. The van der Waals surface area contributed by atoms with E-state index in [2.05, 4.69) is 14.5 Å². The van der Waals surface area contributed by atoms with Crippen LogP contribution in [-0.4, -0.2) is 49.5 Å². The van der Waals surface area contributed by atoms with Gasteiger partial charge in [0.1, 0.15) is 5.03 Å². The number of aryl methyl sites for hydroxylation is 1. The maximum absolute atomic E-state index is 12.0. The average molecular weight is 327 g/mol. The Hall–Kier alpha value is -2.09. The molecule has 0 fully saturated rings. The normalized spacial score (nSPS) is 10.0. The summed E-state index contributed by atoms with van der Waals surface area (Å²) in [5.41, 5.74) is 0.682. The number of thioether (sulfide) groups is 1. The Bertz CT molecular complexity index is 587. The molecule has 22 heavy (non-hydrogen) atoms. The lowest BCUT2D eigenvalue weighted by atomic mass is 10.1. The predicted octanol–water partition coefficient (Wildman–Crippen LogP) is 1.62. The van der Waals surface area contributed by atoms with Crippen LogP contribution in [0.2, 0.25) is 0 Å². The number of methoxy groups -OCH3 is 2. The fraction of sp³-hybridized carbons (Fsp3) is 0.429. The minimum Gasteiger partial charge on any atom is -0.468 e. The van der Waals surface area contributed by atoms with E-state index in [-0.39, 0.29) is 23.5 Å². The van der Waals surface area contributed by atoms with Gasteiger partial charge in [0.2, 0.25) is 0 Å². The molecule has 0 N–H and O–H groups in total. The highest BCUT2D eigenvalue weighted by Crippen LogP contribution is 2.24. The van der Waals surface area contributed by atoms with Crippen LogP contribution in [0.4, 0.5) is 0 Å². The molecule has 0 saturated carbocycles. The van der Waals surface area contributed by atoms with Crippen LogP contribution < -0.4 is 0 Å². The lowest BCUT2D eigenvalue weighted by Crippen LogP contribution is -2.14. The van der Waals surface area contributed by atoms with Crippen molar-refractivity contribution < 1.29 is 28.6 Å². The van der Waals surface area contributed by atoms with Crippen LogP contribution in [0.3, 0.4) is 0 Å². The summed E-state index contributed by atoms with van der Waals surface area (Å²) in [5, 5.41) is 0.300. The summed E-state index contributed by atoms with van der Waals surface area (Å²) in [6, 6.07) is 1.37.